The minimum atomic E-state index is -0.574. The van der Waals surface area contributed by atoms with Crippen molar-refractivity contribution >= 4 is 12.0 Å². The highest BCUT2D eigenvalue weighted by Crippen LogP contribution is 2.19. The number of rotatable bonds is 4. The molecule has 9 nitrogen and oxygen atoms in total. The molecule has 9 heteroatoms. The maximum Gasteiger partial charge on any atom is 0.407 e. The molecule has 3 rings (SSSR count). The molecule has 1 aliphatic heterocycles. The van der Waals surface area contributed by atoms with E-state index in [0.717, 1.165) is 18.4 Å². The van der Waals surface area contributed by atoms with Crippen molar-refractivity contribution in [1.82, 2.24) is 20.1 Å². The molecule has 1 fully saturated rings. The van der Waals surface area contributed by atoms with Crippen molar-refractivity contribution in [2.45, 2.75) is 58.7 Å². The van der Waals surface area contributed by atoms with Gasteiger partial charge in [0.2, 0.25) is 5.95 Å². The van der Waals surface area contributed by atoms with Crippen LogP contribution in [0.5, 0.6) is 0 Å². The lowest BCUT2D eigenvalue weighted by molar-refractivity contribution is 0.0499. The molecule has 164 valence electrons. The molecule has 1 saturated heterocycles. The zero-order valence-corrected chi connectivity index (χ0v) is 18.4. The number of carbonyl (C=O) groups is 1. The van der Waals surface area contributed by atoms with Crippen LogP contribution in [0.1, 0.15) is 50.4 Å². The summed E-state index contributed by atoms with van der Waals surface area (Å²) in [5.74, 6) is 0.430. The third-order valence-electron chi connectivity index (χ3n) is 4.98. The van der Waals surface area contributed by atoms with E-state index in [2.05, 4.69) is 21.6 Å². The molecule has 0 spiro atoms. The van der Waals surface area contributed by atoms with Crippen LogP contribution in [0.2, 0.25) is 0 Å². The number of carbonyl (C=O) groups excluding carboxylic acids is 1. The molecule has 1 amide bonds. The third-order valence-corrected chi connectivity index (χ3v) is 4.98. The SMILES string of the molecule is Cc1nnc(N2CCCC(NC(=O)OC(C)(C)C)C2)n(Cc2ccccc2C#N)c1=O. The van der Waals surface area contributed by atoms with Crippen LogP contribution in [0.25, 0.3) is 0 Å². The number of hydrogen-bond donors (Lipinski definition) is 1. The van der Waals surface area contributed by atoms with Crippen molar-refractivity contribution < 1.29 is 9.53 Å². The van der Waals surface area contributed by atoms with Crippen LogP contribution in [-0.4, -0.2) is 45.6 Å². The van der Waals surface area contributed by atoms with Gasteiger partial charge in [-0.15, -0.1) is 10.2 Å². The fourth-order valence-electron chi connectivity index (χ4n) is 3.57. The average Bonchev–Trinajstić information content (AvgIpc) is 2.70. The number of hydrogen-bond acceptors (Lipinski definition) is 7. The van der Waals surface area contributed by atoms with Crippen LogP contribution in [0, 0.1) is 18.3 Å². The van der Waals surface area contributed by atoms with Gasteiger partial charge in [-0.2, -0.15) is 5.26 Å². The average molecular weight is 425 g/mol. The van der Waals surface area contributed by atoms with Crippen LogP contribution in [0.15, 0.2) is 29.1 Å². The van der Waals surface area contributed by atoms with Crippen LogP contribution in [0.3, 0.4) is 0 Å². The first-order valence-corrected chi connectivity index (χ1v) is 10.3. The molecule has 1 aliphatic rings. The fraction of sp³-hybridized carbons (Fsp3) is 0.500. The summed E-state index contributed by atoms with van der Waals surface area (Å²) in [5, 5.41) is 20.6. The second-order valence-corrected chi connectivity index (χ2v) is 8.68. The molecule has 2 aromatic rings. The van der Waals surface area contributed by atoms with Gasteiger partial charge in [0, 0.05) is 19.1 Å². The van der Waals surface area contributed by atoms with Gasteiger partial charge >= 0.3 is 6.09 Å². The summed E-state index contributed by atoms with van der Waals surface area (Å²) in [6.45, 7) is 8.46. The summed E-state index contributed by atoms with van der Waals surface area (Å²) >= 11 is 0. The predicted octanol–water partition coefficient (Wildman–Crippen LogP) is 2.36. The second-order valence-electron chi connectivity index (χ2n) is 8.68. The number of nitrogens with one attached hydrogen (secondary N) is 1. The van der Waals surface area contributed by atoms with Gasteiger partial charge in [-0.25, -0.2) is 4.79 Å². The van der Waals surface area contributed by atoms with Crippen molar-refractivity contribution in [1.29, 1.82) is 5.26 Å². The Morgan fingerprint density at radius 1 is 1.32 bits per heavy atom. The Hall–Kier alpha value is -3.41. The van der Waals surface area contributed by atoms with Crippen LogP contribution in [0.4, 0.5) is 10.7 Å². The molecule has 2 heterocycles. The van der Waals surface area contributed by atoms with Gasteiger partial charge < -0.3 is 15.0 Å². The number of benzene rings is 1. The monoisotopic (exact) mass is 424 g/mol. The number of piperidine rings is 1. The lowest BCUT2D eigenvalue weighted by Gasteiger charge is -2.34. The van der Waals surface area contributed by atoms with Crippen molar-refractivity contribution in [2.24, 2.45) is 0 Å². The van der Waals surface area contributed by atoms with Crippen molar-refractivity contribution in [3.63, 3.8) is 0 Å². The zero-order valence-electron chi connectivity index (χ0n) is 18.4. The van der Waals surface area contributed by atoms with E-state index in [-0.39, 0.29) is 18.1 Å². The molecular formula is C22H28N6O3. The number of aromatic nitrogens is 3. The summed E-state index contributed by atoms with van der Waals surface area (Å²) < 4.78 is 6.91. The molecule has 1 aromatic carbocycles. The highest BCUT2D eigenvalue weighted by molar-refractivity contribution is 5.68. The van der Waals surface area contributed by atoms with Gasteiger partial charge in [0.05, 0.1) is 18.2 Å². The minimum Gasteiger partial charge on any atom is -0.444 e. The zero-order chi connectivity index (χ0) is 22.6. The maximum absolute atomic E-state index is 12.9. The number of aryl methyl sites for hydroxylation is 1. The smallest absolute Gasteiger partial charge is 0.407 e. The number of ether oxygens (including phenoxy) is 1. The molecule has 1 atom stereocenters. The Kier molecular flexibility index (Phi) is 6.59. The standard InChI is InChI=1S/C22H28N6O3/c1-15-19(29)28(13-17-9-6-5-8-16(17)12-23)20(26-25-15)27-11-7-10-18(14-27)24-21(30)31-22(2,3)4/h5-6,8-9,18H,7,10-11,13-14H2,1-4H3,(H,24,30). The fourth-order valence-corrected chi connectivity index (χ4v) is 3.57. The van der Waals surface area contributed by atoms with E-state index in [9.17, 15) is 14.9 Å². The van der Waals surface area contributed by atoms with Gasteiger partial charge in [0.25, 0.3) is 5.56 Å². The molecule has 1 aromatic heterocycles. The Labute approximate surface area is 181 Å². The largest absolute Gasteiger partial charge is 0.444 e. The molecule has 0 saturated carbocycles. The van der Waals surface area contributed by atoms with Crippen LogP contribution >= 0.6 is 0 Å². The summed E-state index contributed by atoms with van der Waals surface area (Å²) in [6, 6.07) is 9.21. The number of nitriles is 1. The van der Waals surface area contributed by atoms with Gasteiger partial charge in [-0.3, -0.25) is 9.36 Å². The van der Waals surface area contributed by atoms with E-state index in [0.29, 0.717) is 30.3 Å². The second kappa shape index (κ2) is 9.16. The molecular weight excluding hydrogens is 396 g/mol. The number of amides is 1. The highest BCUT2D eigenvalue weighted by Gasteiger charge is 2.27. The van der Waals surface area contributed by atoms with E-state index in [1.165, 1.54) is 0 Å². The first-order chi connectivity index (χ1) is 14.7. The first kappa shape index (κ1) is 22.3. The number of anilines is 1. The summed E-state index contributed by atoms with van der Waals surface area (Å²) in [7, 11) is 0. The van der Waals surface area contributed by atoms with Gasteiger partial charge in [-0.05, 0) is 52.2 Å². The van der Waals surface area contributed by atoms with Crippen molar-refractivity contribution in [2.75, 3.05) is 18.0 Å². The normalized spacial score (nSPS) is 16.5. The molecule has 31 heavy (non-hydrogen) atoms. The van der Waals surface area contributed by atoms with E-state index in [1.54, 1.807) is 23.6 Å². The van der Waals surface area contributed by atoms with Gasteiger partial charge in [0.15, 0.2) is 0 Å². The van der Waals surface area contributed by atoms with Gasteiger partial charge in [-0.1, -0.05) is 18.2 Å². The minimum absolute atomic E-state index is 0.137. The molecule has 0 radical (unpaired) electrons. The summed E-state index contributed by atoms with van der Waals surface area (Å²) in [6.07, 6.45) is 1.16. The topological polar surface area (TPSA) is 113 Å². The number of alkyl carbamates (subject to hydrolysis) is 1. The maximum atomic E-state index is 12.9. The Morgan fingerprint density at radius 2 is 2.06 bits per heavy atom. The van der Waals surface area contributed by atoms with Crippen LogP contribution in [-0.2, 0) is 11.3 Å². The summed E-state index contributed by atoms with van der Waals surface area (Å²) in [5.41, 5.74) is 0.716. The Balaban J connectivity index is 1.85. The Bertz CT molecular complexity index is 1050. The molecule has 1 N–H and O–H groups in total. The third kappa shape index (κ3) is 5.60. The summed E-state index contributed by atoms with van der Waals surface area (Å²) in [4.78, 5) is 27.0. The quantitative estimate of drug-likeness (QED) is 0.801. The van der Waals surface area contributed by atoms with E-state index in [1.807, 2.05) is 37.8 Å². The molecule has 1 unspecified atom stereocenters. The van der Waals surface area contributed by atoms with Crippen LogP contribution < -0.4 is 15.8 Å². The van der Waals surface area contributed by atoms with Crippen molar-refractivity contribution in [3.05, 3.63) is 51.4 Å². The number of nitrogens with zero attached hydrogens (tertiary/aromatic N) is 5. The molecule has 0 bridgehead atoms. The van der Waals surface area contributed by atoms with Crippen molar-refractivity contribution in [3.8, 4) is 6.07 Å². The van der Waals surface area contributed by atoms with E-state index in [4.69, 9.17) is 4.74 Å². The first-order valence-electron chi connectivity index (χ1n) is 10.3. The molecule has 0 aliphatic carbocycles. The Morgan fingerprint density at radius 3 is 2.77 bits per heavy atom. The predicted molar refractivity (Wildman–Crippen MR) is 116 cm³/mol. The van der Waals surface area contributed by atoms with E-state index >= 15 is 0 Å². The van der Waals surface area contributed by atoms with E-state index < -0.39 is 11.7 Å². The lowest BCUT2D eigenvalue weighted by atomic mass is 10.1. The van der Waals surface area contributed by atoms with Gasteiger partial charge in [0.1, 0.15) is 11.3 Å². The highest BCUT2D eigenvalue weighted by atomic mass is 16.6. The lowest BCUT2D eigenvalue weighted by Crippen LogP contribution is -2.50.